The van der Waals surface area contributed by atoms with Crippen LogP contribution in [0.5, 0.6) is 5.75 Å². The second-order valence-electron chi connectivity index (χ2n) is 7.15. The summed E-state index contributed by atoms with van der Waals surface area (Å²) in [6, 6.07) is 7.82. The van der Waals surface area contributed by atoms with Crippen LogP contribution >= 0.6 is 0 Å². The lowest BCUT2D eigenvalue weighted by atomic mass is 9.69. The summed E-state index contributed by atoms with van der Waals surface area (Å²) in [5.74, 6) is 2.13. The van der Waals surface area contributed by atoms with E-state index in [1.54, 1.807) is 18.2 Å². The molecule has 4 heterocycles. The van der Waals surface area contributed by atoms with E-state index in [0.29, 0.717) is 11.8 Å². The minimum Gasteiger partial charge on any atom is -0.497 e. The van der Waals surface area contributed by atoms with E-state index in [1.807, 2.05) is 24.3 Å². The summed E-state index contributed by atoms with van der Waals surface area (Å²) in [6.07, 6.45) is 4.61. The topological polar surface area (TPSA) is 46.8 Å². The summed E-state index contributed by atoms with van der Waals surface area (Å²) >= 11 is 0. The van der Waals surface area contributed by atoms with Crippen molar-refractivity contribution in [3.63, 3.8) is 0 Å². The fourth-order valence-electron chi connectivity index (χ4n) is 4.74. The standard InChI is InChI=1S/C20H24N2O2/c1-3-13-11-22-9-7-15(13)18(12-22)20(23)16-6-8-21-19-5-4-14(24-2)10-17(16)19/h3-6,8,10,13,15,18,20,23H,1,7,9,11-12H2,2H3/p+1/t13-,15-,18-,20+/m1/s1. The number of aliphatic hydroxyl groups is 1. The number of hydrogen-bond acceptors (Lipinski definition) is 3. The summed E-state index contributed by atoms with van der Waals surface area (Å²) in [4.78, 5) is 6.04. The first kappa shape index (κ1) is 15.6. The lowest BCUT2D eigenvalue weighted by Gasteiger charge is -2.47. The van der Waals surface area contributed by atoms with Crippen LogP contribution in [0.15, 0.2) is 43.1 Å². The van der Waals surface area contributed by atoms with Gasteiger partial charge in [-0.3, -0.25) is 4.98 Å². The molecule has 3 saturated heterocycles. The summed E-state index contributed by atoms with van der Waals surface area (Å²) in [6.45, 7) is 7.46. The highest BCUT2D eigenvalue weighted by Gasteiger charge is 2.46. The molecule has 5 atom stereocenters. The number of piperidine rings is 3. The Morgan fingerprint density at radius 3 is 3.00 bits per heavy atom. The van der Waals surface area contributed by atoms with Gasteiger partial charge in [-0.25, -0.2) is 0 Å². The largest absolute Gasteiger partial charge is 0.497 e. The van der Waals surface area contributed by atoms with Gasteiger partial charge in [-0.15, -0.1) is 6.58 Å². The van der Waals surface area contributed by atoms with Crippen molar-refractivity contribution in [3.05, 3.63) is 48.7 Å². The Kier molecular flexibility index (Phi) is 4.02. The maximum atomic E-state index is 11.2. The van der Waals surface area contributed by atoms with Gasteiger partial charge in [0.1, 0.15) is 5.75 Å². The van der Waals surface area contributed by atoms with Crippen molar-refractivity contribution in [2.45, 2.75) is 12.5 Å². The number of methoxy groups -OCH3 is 1. The molecule has 1 aromatic heterocycles. The molecule has 5 rings (SSSR count). The Hall–Kier alpha value is -1.91. The van der Waals surface area contributed by atoms with Gasteiger partial charge < -0.3 is 14.7 Å². The molecule has 3 fully saturated rings. The van der Waals surface area contributed by atoms with Crippen LogP contribution in [0, 0.1) is 17.8 Å². The Morgan fingerprint density at radius 2 is 2.25 bits per heavy atom. The molecule has 2 N–H and O–H groups in total. The van der Waals surface area contributed by atoms with Gasteiger partial charge in [-0.2, -0.15) is 0 Å². The number of benzene rings is 1. The lowest BCUT2D eigenvalue weighted by molar-refractivity contribution is -0.925. The Labute approximate surface area is 142 Å². The lowest BCUT2D eigenvalue weighted by Crippen LogP contribution is -3.17. The van der Waals surface area contributed by atoms with Crippen LogP contribution in [0.1, 0.15) is 18.1 Å². The van der Waals surface area contributed by atoms with Crippen molar-refractivity contribution in [2.24, 2.45) is 17.8 Å². The van der Waals surface area contributed by atoms with Gasteiger partial charge in [0.25, 0.3) is 0 Å². The van der Waals surface area contributed by atoms with Gasteiger partial charge in [0, 0.05) is 29.8 Å². The van der Waals surface area contributed by atoms with Crippen molar-refractivity contribution in [3.8, 4) is 5.75 Å². The molecule has 2 aromatic rings. The summed E-state index contributed by atoms with van der Waals surface area (Å²) in [5.41, 5.74) is 1.88. The Bertz CT molecular complexity index is 760. The Balaban J connectivity index is 1.73. The average Bonchev–Trinajstić information content (AvgIpc) is 2.66. The Morgan fingerprint density at radius 1 is 1.38 bits per heavy atom. The summed E-state index contributed by atoms with van der Waals surface area (Å²) in [5, 5.41) is 12.2. The molecule has 3 aliphatic rings. The molecule has 1 unspecified atom stereocenters. The zero-order chi connectivity index (χ0) is 16.7. The van der Waals surface area contributed by atoms with Gasteiger partial charge in [0.15, 0.2) is 0 Å². The number of aromatic nitrogens is 1. The minimum atomic E-state index is -0.467. The summed E-state index contributed by atoms with van der Waals surface area (Å²) < 4.78 is 5.36. The number of aliphatic hydroxyl groups excluding tert-OH is 1. The molecule has 126 valence electrons. The van der Waals surface area contributed by atoms with E-state index in [1.165, 1.54) is 19.5 Å². The number of pyridine rings is 1. The summed E-state index contributed by atoms with van der Waals surface area (Å²) in [7, 11) is 1.67. The monoisotopic (exact) mass is 325 g/mol. The van der Waals surface area contributed by atoms with Crippen molar-refractivity contribution < 1.29 is 14.7 Å². The molecule has 2 bridgehead atoms. The number of rotatable bonds is 4. The maximum absolute atomic E-state index is 11.2. The first-order valence-electron chi connectivity index (χ1n) is 8.78. The first-order valence-corrected chi connectivity index (χ1v) is 8.78. The minimum absolute atomic E-state index is 0.280. The first-order chi connectivity index (χ1) is 11.7. The van der Waals surface area contributed by atoms with Crippen LogP contribution in [0.25, 0.3) is 10.9 Å². The molecule has 0 radical (unpaired) electrons. The third-order valence-corrected chi connectivity index (χ3v) is 5.99. The predicted octanol–water partition coefficient (Wildman–Crippen LogP) is 1.61. The molecule has 3 aliphatic heterocycles. The van der Waals surface area contributed by atoms with Crippen LogP contribution < -0.4 is 9.64 Å². The number of fused-ring (bicyclic) bond motifs is 4. The zero-order valence-corrected chi connectivity index (χ0v) is 14.1. The highest BCUT2D eigenvalue weighted by molar-refractivity contribution is 5.83. The van der Waals surface area contributed by atoms with E-state index in [4.69, 9.17) is 4.74 Å². The second-order valence-corrected chi connectivity index (χ2v) is 7.15. The van der Waals surface area contributed by atoms with Crippen LogP contribution in [-0.4, -0.2) is 36.8 Å². The number of hydrogen-bond donors (Lipinski definition) is 2. The van der Waals surface area contributed by atoms with Gasteiger partial charge in [0.2, 0.25) is 0 Å². The van der Waals surface area contributed by atoms with Crippen LogP contribution in [0.3, 0.4) is 0 Å². The second kappa shape index (κ2) is 6.19. The molecule has 0 saturated carbocycles. The molecule has 0 amide bonds. The number of nitrogens with one attached hydrogen (secondary N) is 1. The quantitative estimate of drug-likeness (QED) is 0.840. The van der Waals surface area contributed by atoms with Crippen molar-refractivity contribution in [2.75, 3.05) is 26.7 Å². The fourth-order valence-corrected chi connectivity index (χ4v) is 4.74. The average molecular weight is 325 g/mol. The number of nitrogens with zero attached hydrogens (tertiary/aromatic N) is 1. The van der Waals surface area contributed by atoms with Crippen LogP contribution in [0.2, 0.25) is 0 Å². The fraction of sp³-hybridized carbons (Fsp3) is 0.450. The zero-order valence-electron chi connectivity index (χ0n) is 14.1. The van der Waals surface area contributed by atoms with Crippen LogP contribution in [-0.2, 0) is 0 Å². The maximum Gasteiger partial charge on any atom is 0.119 e. The van der Waals surface area contributed by atoms with E-state index in [2.05, 4.69) is 17.6 Å². The van der Waals surface area contributed by atoms with E-state index in [0.717, 1.165) is 28.8 Å². The van der Waals surface area contributed by atoms with E-state index >= 15 is 0 Å². The highest BCUT2D eigenvalue weighted by atomic mass is 16.5. The van der Waals surface area contributed by atoms with Crippen LogP contribution in [0.4, 0.5) is 0 Å². The molecule has 4 heteroatoms. The third kappa shape index (κ3) is 2.50. The number of quaternary nitrogens is 1. The van der Waals surface area contributed by atoms with Gasteiger partial charge in [-0.05, 0) is 35.7 Å². The van der Waals surface area contributed by atoms with Gasteiger partial charge >= 0.3 is 0 Å². The third-order valence-electron chi connectivity index (χ3n) is 5.99. The SMILES string of the molecule is C=C[C@@H]1C[NH+]2CC[C@H]1[C@H]([C@@H](O)c1ccnc3ccc(OC)cc13)C2. The molecule has 0 spiro atoms. The normalized spacial score (nSPS) is 30.2. The molecule has 0 aliphatic carbocycles. The highest BCUT2D eigenvalue weighted by Crippen LogP contribution is 2.39. The van der Waals surface area contributed by atoms with Crippen molar-refractivity contribution in [1.29, 1.82) is 0 Å². The molecule has 1 aromatic carbocycles. The molecule has 4 nitrogen and oxygen atoms in total. The molecular formula is C20H25N2O2+. The van der Waals surface area contributed by atoms with E-state index < -0.39 is 6.10 Å². The van der Waals surface area contributed by atoms with Crippen molar-refractivity contribution >= 4 is 10.9 Å². The predicted molar refractivity (Wildman–Crippen MR) is 94.1 cm³/mol. The molecular weight excluding hydrogens is 300 g/mol. The number of ether oxygens (including phenoxy) is 1. The van der Waals surface area contributed by atoms with E-state index in [9.17, 15) is 5.11 Å². The van der Waals surface area contributed by atoms with Crippen molar-refractivity contribution in [1.82, 2.24) is 4.98 Å². The van der Waals surface area contributed by atoms with E-state index in [-0.39, 0.29) is 5.92 Å². The van der Waals surface area contributed by atoms with Gasteiger partial charge in [-0.1, -0.05) is 6.08 Å². The van der Waals surface area contributed by atoms with Gasteiger partial charge in [0.05, 0.1) is 38.4 Å². The molecule has 24 heavy (non-hydrogen) atoms. The smallest absolute Gasteiger partial charge is 0.119 e.